The monoisotopic (exact) mass is 285 g/mol. The second-order valence-electron chi connectivity index (χ2n) is 4.72. The molecular formula is C16H16FN3O. The minimum Gasteiger partial charge on any atom is -0.320 e. The van der Waals surface area contributed by atoms with E-state index in [4.69, 9.17) is 5.73 Å². The molecule has 4 nitrogen and oxygen atoms in total. The summed E-state index contributed by atoms with van der Waals surface area (Å²) >= 11 is 0. The summed E-state index contributed by atoms with van der Waals surface area (Å²) in [5, 5.41) is 0. The number of aryl methyl sites for hydroxylation is 2. The molecule has 0 amide bonds. The topological polar surface area (TPSA) is 60.9 Å². The van der Waals surface area contributed by atoms with E-state index in [-0.39, 0.29) is 24.5 Å². The molecule has 1 heterocycles. The zero-order valence-corrected chi connectivity index (χ0v) is 12.0. The van der Waals surface area contributed by atoms with Gasteiger partial charge in [0.05, 0.1) is 13.1 Å². The zero-order chi connectivity index (χ0) is 15.4. The van der Waals surface area contributed by atoms with Crippen LogP contribution in [0, 0.1) is 31.5 Å². The number of nitrogens with zero attached hydrogens (tertiary/aromatic N) is 2. The van der Waals surface area contributed by atoms with Crippen molar-refractivity contribution in [3.8, 4) is 11.8 Å². The number of nitrogens with two attached hydrogens (primary N) is 1. The van der Waals surface area contributed by atoms with Crippen molar-refractivity contribution in [3.05, 3.63) is 63.1 Å². The van der Waals surface area contributed by atoms with Crippen LogP contribution in [0.4, 0.5) is 4.39 Å². The van der Waals surface area contributed by atoms with Crippen LogP contribution in [0.1, 0.15) is 22.6 Å². The fourth-order valence-electron chi connectivity index (χ4n) is 2.11. The maximum atomic E-state index is 13.6. The van der Waals surface area contributed by atoms with E-state index in [1.807, 2.05) is 0 Å². The fourth-order valence-corrected chi connectivity index (χ4v) is 2.11. The lowest BCUT2D eigenvalue weighted by Crippen LogP contribution is -2.24. The van der Waals surface area contributed by atoms with Gasteiger partial charge in [-0.2, -0.15) is 0 Å². The molecular weight excluding hydrogens is 269 g/mol. The number of aromatic nitrogens is 2. The Kier molecular flexibility index (Phi) is 4.51. The van der Waals surface area contributed by atoms with Crippen molar-refractivity contribution in [3.63, 3.8) is 0 Å². The van der Waals surface area contributed by atoms with E-state index in [2.05, 4.69) is 16.8 Å². The molecule has 0 radical (unpaired) electrons. The smallest absolute Gasteiger partial charge is 0.254 e. The maximum Gasteiger partial charge on any atom is 0.254 e. The summed E-state index contributed by atoms with van der Waals surface area (Å²) in [4.78, 5) is 16.2. The van der Waals surface area contributed by atoms with E-state index in [9.17, 15) is 9.18 Å². The Morgan fingerprint density at radius 3 is 2.71 bits per heavy atom. The quantitative estimate of drug-likeness (QED) is 0.847. The Morgan fingerprint density at radius 1 is 1.29 bits per heavy atom. The van der Waals surface area contributed by atoms with Gasteiger partial charge in [-0.3, -0.25) is 9.36 Å². The van der Waals surface area contributed by atoms with Crippen molar-refractivity contribution in [2.24, 2.45) is 5.73 Å². The molecule has 2 rings (SSSR count). The molecule has 0 bridgehead atoms. The Labute approximate surface area is 122 Å². The number of rotatable bonds is 2. The van der Waals surface area contributed by atoms with E-state index < -0.39 is 0 Å². The van der Waals surface area contributed by atoms with Gasteiger partial charge >= 0.3 is 0 Å². The van der Waals surface area contributed by atoms with Crippen LogP contribution in [0.3, 0.4) is 0 Å². The molecule has 0 fully saturated rings. The third-order valence-electron chi connectivity index (χ3n) is 2.96. The average Bonchev–Trinajstić information content (AvgIpc) is 2.40. The Hall–Kier alpha value is -2.45. The summed E-state index contributed by atoms with van der Waals surface area (Å²) in [5.74, 6) is 5.68. The van der Waals surface area contributed by atoms with Gasteiger partial charge in [0, 0.05) is 17.3 Å². The van der Waals surface area contributed by atoms with Crippen LogP contribution in [0.25, 0.3) is 0 Å². The van der Waals surface area contributed by atoms with Gasteiger partial charge in [0.25, 0.3) is 5.56 Å². The molecule has 2 N–H and O–H groups in total. The van der Waals surface area contributed by atoms with Crippen LogP contribution >= 0.6 is 0 Å². The van der Waals surface area contributed by atoms with Crippen molar-refractivity contribution in [2.45, 2.75) is 20.4 Å². The van der Waals surface area contributed by atoms with Gasteiger partial charge in [0.2, 0.25) is 0 Å². The fraction of sp³-hybridized carbons (Fsp3) is 0.250. The predicted octanol–water partition coefficient (Wildman–Crippen LogP) is 1.36. The summed E-state index contributed by atoms with van der Waals surface area (Å²) in [5.41, 5.74) is 7.03. The molecule has 108 valence electrons. The third kappa shape index (κ3) is 3.77. The largest absolute Gasteiger partial charge is 0.320 e. The van der Waals surface area contributed by atoms with Crippen molar-refractivity contribution in [2.75, 3.05) is 6.54 Å². The third-order valence-corrected chi connectivity index (χ3v) is 2.96. The van der Waals surface area contributed by atoms with Crippen LogP contribution in [0.5, 0.6) is 0 Å². The molecule has 0 aliphatic rings. The number of halogens is 1. The Balaban J connectivity index is 2.40. The van der Waals surface area contributed by atoms with Crippen molar-refractivity contribution in [1.29, 1.82) is 0 Å². The molecule has 1 aromatic heterocycles. The van der Waals surface area contributed by atoms with Crippen LogP contribution in [-0.2, 0) is 6.54 Å². The first kappa shape index (κ1) is 14.9. The molecule has 2 aromatic rings. The lowest BCUT2D eigenvalue weighted by Gasteiger charge is -2.10. The lowest BCUT2D eigenvalue weighted by atomic mass is 10.1. The standard InChI is InChI=1S/C16H16FN3O/c1-11-6-16(21)20(12(2)19-11)10-14-7-13(4-3-5-18)8-15(17)9-14/h6-9H,5,10,18H2,1-2H3. The van der Waals surface area contributed by atoms with Gasteiger partial charge in [0.1, 0.15) is 11.6 Å². The van der Waals surface area contributed by atoms with Crippen molar-refractivity contribution < 1.29 is 4.39 Å². The lowest BCUT2D eigenvalue weighted by molar-refractivity contribution is 0.620. The summed E-state index contributed by atoms with van der Waals surface area (Å²) in [6.07, 6.45) is 0. The molecule has 5 heteroatoms. The highest BCUT2D eigenvalue weighted by Crippen LogP contribution is 2.10. The molecule has 1 aromatic carbocycles. The number of hydrogen-bond acceptors (Lipinski definition) is 3. The first-order chi connectivity index (χ1) is 9.99. The van der Waals surface area contributed by atoms with Crippen molar-refractivity contribution >= 4 is 0 Å². The van der Waals surface area contributed by atoms with E-state index in [1.54, 1.807) is 19.9 Å². The van der Waals surface area contributed by atoms with Gasteiger partial charge in [-0.15, -0.1) is 0 Å². The van der Waals surface area contributed by atoms with Crippen LogP contribution in [0.15, 0.2) is 29.1 Å². The number of hydrogen-bond donors (Lipinski definition) is 1. The van der Waals surface area contributed by atoms with E-state index >= 15 is 0 Å². The van der Waals surface area contributed by atoms with Crippen LogP contribution in [0.2, 0.25) is 0 Å². The molecule has 0 unspecified atom stereocenters. The minimum atomic E-state index is -0.389. The first-order valence-electron chi connectivity index (χ1n) is 6.53. The highest BCUT2D eigenvalue weighted by Gasteiger charge is 2.06. The maximum absolute atomic E-state index is 13.6. The van der Waals surface area contributed by atoms with Crippen molar-refractivity contribution in [1.82, 2.24) is 9.55 Å². The molecule has 0 spiro atoms. The number of benzene rings is 1. The van der Waals surface area contributed by atoms with Crippen LogP contribution in [-0.4, -0.2) is 16.1 Å². The summed E-state index contributed by atoms with van der Waals surface area (Å²) < 4.78 is 15.1. The molecule has 0 atom stereocenters. The normalized spacial score (nSPS) is 10.1. The minimum absolute atomic E-state index is 0.154. The van der Waals surface area contributed by atoms with Crippen LogP contribution < -0.4 is 11.3 Å². The second-order valence-corrected chi connectivity index (χ2v) is 4.72. The Morgan fingerprint density at radius 2 is 2.05 bits per heavy atom. The molecule has 0 saturated heterocycles. The zero-order valence-electron chi connectivity index (χ0n) is 12.0. The molecule has 0 aliphatic carbocycles. The van der Waals surface area contributed by atoms with Gasteiger partial charge < -0.3 is 5.73 Å². The summed E-state index contributed by atoms with van der Waals surface area (Å²) in [6, 6.07) is 5.94. The second kappa shape index (κ2) is 6.33. The van der Waals surface area contributed by atoms with Gasteiger partial charge in [-0.05, 0) is 37.6 Å². The van der Waals surface area contributed by atoms with E-state index in [0.717, 1.165) is 0 Å². The van der Waals surface area contributed by atoms with Gasteiger partial charge in [-0.1, -0.05) is 11.8 Å². The molecule has 0 aliphatic heterocycles. The SMILES string of the molecule is Cc1cc(=O)n(Cc2cc(F)cc(C#CCN)c2)c(C)n1. The van der Waals surface area contributed by atoms with Gasteiger partial charge in [0.15, 0.2) is 0 Å². The highest BCUT2D eigenvalue weighted by atomic mass is 19.1. The molecule has 0 saturated carbocycles. The Bertz CT molecular complexity index is 784. The van der Waals surface area contributed by atoms with E-state index in [0.29, 0.717) is 22.6 Å². The van der Waals surface area contributed by atoms with Gasteiger partial charge in [-0.25, -0.2) is 9.37 Å². The summed E-state index contributed by atoms with van der Waals surface area (Å²) in [7, 11) is 0. The molecule has 21 heavy (non-hydrogen) atoms. The highest BCUT2D eigenvalue weighted by molar-refractivity contribution is 5.38. The van der Waals surface area contributed by atoms with E-state index in [1.165, 1.54) is 22.8 Å². The summed E-state index contributed by atoms with van der Waals surface area (Å²) in [6.45, 7) is 3.99. The average molecular weight is 285 g/mol. The first-order valence-corrected chi connectivity index (χ1v) is 6.53. The predicted molar refractivity (Wildman–Crippen MR) is 79.4 cm³/mol.